The number of hydrogen-bond donors (Lipinski definition) is 1. The van der Waals surface area contributed by atoms with Crippen LogP contribution in [0, 0.1) is 29.9 Å². The van der Waals surface area contributed by atoms with Gasteiger partial charge >= 0.3 is 0 Å². The first kappa shape index (κ1) is 21.2. The average Bonchev–Trinajstić information content (AvgIpc) is 3.23. The fourth-order valence-electron chi connectivity index (χ4n) is 3.52. The summed E-state index contributed by atoms with van der Waals surface area (Å²) in [5, 5.41) is 15.6. The molecule has 1 N–H and O–H groups in total. The lowest BCUT2D eigenvalue weighted by Gasteiger charge is -2.34. The number of nitrogens with one attached hydrogen (secondary N) is 1. The van der Waals surface area contributed by atoms with Crippen LogP contribution in [0.15, 0.2) is 40.9 Å². The second kappa shape index (κ2) is 9.01. The highest BCUT2D eigenvalue weighted by molar-refractivity contribution is 6.03. The highest BCUT2D eigenvalue weighted by Crippen LogP contribution is 2.31. The molecule has 0 unspecified atom stereocenters. The van der Waals surface area contributed by atoms with Gasteiger partial charge in [-0.2, -0.15) is 10.2 Å². The number of ether oxygens (including phenoxy) is 1. The second-order valence-electron chi connectivity index (χ2n) is 7.31. The topological polar surface area (TPSA) is 104 Å². The van der Waals surface area contributed by atoms with Crippen molar-refractivity contribution in [3.05, 3.63) is 65.3 Å². The van der Waals surface area contributed by atoms with E-state index in [9.17, 15) is 18.8 Å². The lowest BCUT2D eigenvalue weighted by molar-refractivity contribution is 0.101. The van der Waals surface area contributed by atoms with Crippen LogP contribution in [0.25, 0.3) is 0 Å². The first-order chi connectivity index (χ1) is 15.4. The number of rotatable bonds is 5. The van der Waals surface area contributed by atoms with Gasteiger partial charge in [-0.3, -0.25) is 4.79 Å². The van der Waals surface area contributed by atoms with Crippen LogP contribution in [-0.2, 0) is 0 Å². The van der Waals surface area contributed by atoms with Crippen molar-refractivity contribution in [3.8, 4) is 11.8 Å². The van der Waals surface area contributed by atoms with Crippen molar-refractivity contribution in [3.63, 3.8) is 0 Å². The third-order valence-corrected chi connectivity index (χ3v) is 5.07. The molecule has 1 saturated heterocycles. The Morgan fingerprint density at radius 2 is 2.03 bits per heavy atom. The monoisotopic (exact) mass is 439 g/mol. The third-order valence-electron chi connectivity index (χ3n) is 5.07. The number of carbonyl (C=O) groups excluding carboxylic acids is 1. The van der Waals surface area contributed by atoms with E-state index < -0.39 is 17.5 Å². The summed E-state index contributed by atoms with van der Waals surface area (Å²) in [4.78, 5) is 18.4. The number of aryl methyl sites for hydroxylation is 1. The molecular formula is C22H19F2N5O3. The standard InChI is InChI=1S/C22H19F2N5O3/c1-13-26-21(28-32-13)22(30)27-18-10-14(12-25)2-4-19(18)29-8-6-16(7-9-29)31-20-5-3-15(23)11-17(20)24/h2-5,10-11,16H,6-9H2,1H3,(H,27,30). The number of nitriles is 1. The fraction of sp³-hybridized carbons (Fsp3) is 0.273. The zero-order valence-corrected chi connectivity index (χ0v) is 17.1. The zero-order valence-electron chi connectivity index (χ0n) is 17.1. The molecule has 1 aliphatic rings. The van der Waals surface area contributed by atoms with Gasteiger partial charge in [0.15, 0.2) is 11.6 Å². The maximum absolute atomic E-state index is 13.9. The van der Waals surface area contributed by atoms with E-state index in [-0.39, 0.29) is 23.6 Å². The molecular weight excluding hydrogens is 420 g/mol. The van der Waals surface area contributed by atoms with E-state index >= 15 is 0 Å². The van der Waals surface area contributed by atoms with Gasteiger partial charge in [-0.05, 0) is 30.3 Å². The maximum Gasteiger partial charge on any atom is 0.297 e. The highest BCUT2D eigenvalue weighted by Gasteiger charge is 2.24. The summed E-state index contributed by atoms with van der Waals surface area (Å²) >= 11 is 0. The predicted molar refractivity (Wildman–Crippen MR) is 110 cm³/mol. The van der Waals surface area contributed by atoms with Crippen LogP contribution in [-0.4, -0.2) is 35.2 Å². The summed E-state index contributed by atoms with van der Waals surface area (Å²) < 4.78 is 37.5. The van der Waals surface area contributed by atoms with Crippen LogP contribution >= 0.6 is 0 Å². The van der Waals surface area contributed by atoms with Crippen LogP contribution in [0.3, 0.4) is 0 Å². The van der Waals surface area contributed by atoms with Crippen molar-refractivity contribution >= 4 is 17.3 Å². The molecule has 8 nitrogen and oxygen atoms in total. The van der Waals surface area contributed by atoms with Crippen LogP contribution in [0.5, 0.6) is 5.75 Å². The highest BCUT2D eigenvalue weighted by atomic mass is 19.1. The van der Waals surface area contributed by atoms with Gasteiger partial charge in [0.05, 0.1) is 23.0 Å². The lowest BCUT2D eigenvalue weighted by Crippen LogP contribution is -2.38. The molecule has 164 valence electrons. The first-order valence-electron chi connectivity index (χ1n) is 9.95. The minimum absolute atomic E-state index is 0.0200. The SMILES string of the molecule is Cc1nc(C(=O)Nc2cc(C#N)ccc2N2CCC(Oc3ccc(F)cc3F)CC2)no1. The fourth-order valence-corrected chi connectivity index (χ4v) is 3.52. The van der Waals surface area contributed by atoms with E-state index in [0.717, 1.165) is 17.8 Å². The van der Waals surface area contributed by atoms with Crippen LogP contribution in [0.2, 0.25) is 0 Å². The molecule has 4 rings (SSSR count). The Labute approximate surface area is 182 Å². The normalized spacial score (nSPS) is 14.1. The molecule has 0 radical (unpaired) electrons. The van der Waals surface area contributed by atoms with Crippen molar-refractivity contribution < 1.29 is 22.8 Å². The number of carbonyl (C=O) groups is 1. The maximum atomic E-state index is 13.9. The molecule has 10 heteroatoms. The molecule has 1 aliphatic heterocycles. The Bertz CT molecular complexity index is 1180. The van der Waals surface area contributed by atoms with E-state index in [4.69, 9.17) is 9.26 Å². The van der Waals surface area contributed by atoms with E-state index in [1.165, 1.54) is 6.07 Å². The number of nitrogens with zero attached hydrogens (tertiary/aromatic N) is 4. The number of benzene rings is 2. The van der Waals surface area contributed by atoms with Crippen LogP contribution in [0.4, 0.5) is 20.2 Å². The van der Waals surface area contributed by atoms with Crippen LogP contribution in [0.1, 0.15) is 34.9 Å². The van der Waals surface area contributed by atoms with Gasteiger partial charge in [-0.1, -0.05) is 5.16 Å². The number of aromatic nitrogens is 2. The molecule has 0 bridgehead atoms. The quantitative estimate of drug-likeness (QED) is 0.644. The molecule has 0 saturated carbocycles. The number of piperidine rings is 1. The van der Waals surface area contributed by atoms with E-state index in [1.54, 1.807) is 25.1 Å². The molecule has 3 aromatic rings. The van der Waals surface area contributed by atoms with Crippen molar-refractivity contribution in [1.82, 2.24) is 10.1 Å². The Hall–Kier alpha value is -4.00. The first-order valence-corrected chi connectivity index (χ1v) is 9.95. The van der Waals surface area contributed by atoms with Gasteiger partial charge in [0.25, 0.3) is 11.7 Å². The summed E-state index contributed by atoms with van der Waals surface area (Å²) in [7, 11) is 0. The molecule has 1 amide bonds. The number of anilines is 2. The summed E-state index contributed by atoms with van der Waals surface area (Å²) in [5.41, 5.74) is 1.56. The summed E-state index contributed by atoms with van der Waals surface area (Å²) in [6, 6.07) is 10.3. The van der Waals surface area contributed by atoms with Crippen molar-refractivity contribution in [2.45, 2.75) is 25.9 Å². The van der Waals surface area contributed by atoms with Gasteiger partial charge in [-0.15, -0.1) is 0 Å². The average molecular weight is 439 g/mol. The lowest BCUT2D eigenvalue weighted by atomic mass is 10.1. The van der Waals surface area contributed by atoms with E-state index in [2.05, 4.69) is 21.5 Å². The van der Waals surface area contributed by atoms with Crippen LogP contribution < -0.4 is 15.0 Å². The summed E-state index contributed by atoms with van der Waals surface area (Å²) in [5.74, 6) is -1.77. The largest absolute Gasteiger partial charge is 0.487 e. The number of halogens is 2. The minimum Gasteiger partial charge on any atom is -0.487 e. The third kappa shape index (κ3) is 4.67. The molecule has 32 heavy (non-hydrogen) atoms. The van der Waals surface area contributed by atoms with Crippen molar-refractivity contribution in [1.29, 1.82) is 5.26 Å². The molecule has 0 atom stereocenters. The molecule has 1 fully saturated rings. The Balaban J connectivity index is 1.46. The van der Waals surface area contributed by atoms with E-state index in [0.29, 0.717) is 37.2 Å². The van der Waals surface area contributed by atoms with Crippen molar-refractivity contribution in [2.24, 2.45) is 0 Å². The zero-order chi connectivity index (χ0) is 22.7. The van der Waals surface area contributed by atoms with Gasteiger partial charge in [0.2, 0.25) is 5.89 Å². The number of hydrogen-bond acceptors (Lipinski definition) is 7. The van der Waals surface area contributed by atoms with E-state index in [1.807, 2.05) is 4.90 Å². The predicted octanol–water partition coefficient (Wildman–Crippen LogP) is 3.83. The summed E-state index contributed by atoms with van der Waals surface area (Å²) in [6.45, 7) is 2.72. The Morgan fingerprint density at radius 3 is 2.69 bits per heavy atom. The molecule has 2 heterocycles. The Kier molecular flexibility index (Phi) is 5.98. The van der Waals surface area contributed by atoms with Gasteiger partial charge in [-0.25, -0.2) is 8.78 Å². The van der Waals surface area contributed by atoms with Gasteiger partial charge < -0.3 is 19.5 Å². The van der Waals surface area contributed by atoms with Gasteiger partial charge in [0, 0.05) is 38.9 Å². The molecule has 2 aromatic carbocycles. The second-order valence-corrected chi connectivity index (χ2v) is 7.31. The molecule has 1 aromatic heterocycles. The Morgan fingerprint density at radius 1 is 1.25 bits per heavy atom. The van der Waals surface area contributed by atoms with Crippen molar-refractivity contribution in [2.75, 3.05) is 23.3 Å². The summed E-state index contributed by atoms with van der Waals surface area (Å²) in [6.07, 6.45) is 0.951. The van der Waals surface area contributed by atoms with Gasteiger partial charge in [0.1, 0.15) is 11.9 Å². The minimum atomic E-state index is -0.735. The number of amides is 1. The smallest absolute Gasteiger partial charge is 0.297 e. The molecule has 0 spiro atoms. The molecule has 0 aliphatic carbocycles.